The van der Waals surface area contributed by atoms with Crippen molar-refractivity contribution in [3.05, 3.63) is 58.7 Å². The first-order chi connectivity index (χ1) is 21.6. The van der Waals surface area contributed by atoms with Gasteiger partial charge in [-0.25, -0.2) is 0 Å². The molecule has 44 heavy (non-hydrogen) atoms. The number of nitrogens with zero attached hydrogens (tertiary/aromatic N) is 2. The van der Waals surface area contributed by atoms with Crippen LogP contribution in [-0.2, 0) is 25.7 Å². The van der Waals surface area contributed by atoms with Crippen LogP contribution in [-0.4, -0.2) is 11.9 Å². The second-order valence-electron chi connectivity index (χ2n) is 13.2. The van der Waals surface area contributed by atoms with Gasteiger partial charge in [-0.2, -0.15) is 0 Å². The van der Waals surface area contributed by atoms with Gasteiger partial charge in [-0.15, -0.1) is 0 Å². The van der Waals surface area contributed by atoms with Crippen LogP contribution < -0.4 is 0 Å². The Kier molecular flexibility index (Phi) is 21.6. The zero-order valence-electron chi connectivity index (χ0n) is 29.7. The highest BCUT2D eigenvalue weighted by Gasteiger charge is 2.06. The molecule has 2 nitrogen and oxygen atoms in total. The second kappa shape index (κ2) is 25.0. The first kappa shape index (κ1) is 38.0. The lowest BCUT2D eigenvalue weighted by Gasteiger charge is -2.10. The number of unbranched alkanes of at least 4 members (excludes halogenated alkanes) is 13. The molecular formula is C42H68N2. The number of hydrogen-bond acceptors (Lipinski definition) is 2. The first-order valence-corrected chi connectivity index (χ1v) is 19.0. The van der Waals surface area contributed by atoms with Gasteiger partial charge in [0, 0.05) is 6.21 Å². The van der Waals surface area contributed by atoms with Gasteiger partial charge < -0.3 is 0 Å². The molecule has 0 fully saturated rings. The van der Waals surface area contributed by atoms with Crippen LogP contribution in [0, 0.1) is 0 Å². The summed E-state index contributed by atoms with van der Waals surface area (Å²) in [5.41, 5.74) is 9.18. The van der Waals surface area contributed by atoms with Gasteiger partial charge >= 0.3 is 0 Å². The maximum atomic E-state index is 5.32. The Hall–Kier alpha value is -2.22. The van der Waals surface area contributed by atoms with E-state index in [0.29, 0.717) is 0 Å². The van der Waals surface area contributed by atoms with E-state index in [1.165, 1.54) is 138 Å². The Balaban J connectivity index is 2.37. The minimum Gasteiger partial charge on any atom is -0.255 e. The van der Waals surface area contributed by atoms with Gasteiger partial charge in [-0.05, 0) is 111 Å². The lowest BCUT2D eigenvalue weighted by Crippen LogP contribution is -2.01. The quantitative estimate of drug-likeness (QED) is 0.0758. The molecule has 0 saturated heterocycles. The van der Waals surface area contributed by atoms with Crippen LogP contribution in [0.5, 0.6) is 0 Å². The molecule has 2 heteroatoms. The lowest BCUT2D eigenvalue weighted by molar-refractivity contribution is 0.616. The van der Waals surface area contributed by atoms with Crippen molar-refractivity contribution in [3.63, 3.8) is 0 Å². The summed E-state index contributed by atoms with van der Waals surface area (Å²) < 4.78 is 0. The van der Waals surface area contributed by atoms with E-state index in [4.69, 9.17) is 9.98 Å². The fourth-order valence-corrected chi connectivity index (χ4v) is 6.07. The standard InChI is InChI=1S/C42H68N2/c1-6-11-16-17-18-23-28-40(44-42-33-38(26-21-14-9-4)30-39(34-42)27-22-15-10-5)35-43-41-31-36(24-19-12-7-2)29-37(32-41)25-20-13-8-3/h29-35H,6-28H2,1-5H3. The monoisotopic (exact) mass is 601 g/mol. The summed E-state index contributed by atoms with van der Waals surface area (Å²) in [7, 11) is 0. The van der Waals surface area contributed by atoms with E-state index in [2.05, 4.69) is 77.2 Å². The summed E-state index contributed by atoms with van der Waals surface area (Å²) in [6.07, 6.45) is 30.8. The molecule has 0 N–H and O–H groups in total. The smallest absolute Gasteiger partial charge is 0.0639 e. The van der Waals surface area contributed by atoms with Crippen LogP contribution >= 0.6 is 0 Å². The zero-order valence-corrected chi connectivity index (χ0v) is 29.7. The molecule has 2 aromatic rings. The Morgan fingerprint density at radius 1 is 0.432 bits per heavy atom. The molecule has 0 bridgehead atoms. The van der Waals surface area contributed by atoms with Crippen LogP contribution in [0.2, 0.25) is 0 Å². The van der Waals surface area contributed by atoms with Crippen molar-refractivity contribution in [1.29, 1.82) is 0 Å². The van der Waals surface area contributed by atoms with E-state index in [1.807, 2.05) is 0 Å². The highest BCUT2D eigenvalue weighted by molar-refractivity contribution is 6.31. The fourth-order valence-electron chi connectivity index (χ4n) is 6.07. The highest BCUT2D eigenvalue weighted by Crippen LogP contribution is 2.24. The van der Waals surface area contributed by atoms with Gasteiger partial charge in [0.2, 0.25) is 0 Å². The molecule has 0 atom stereocenters. The van der Waals surface area contributed by atoms with Crippen LogP contribution in [0.15, 0.2) is 46.4 Å². The summed E-state index contributed by atoms with van der Waals surface area (Å²) in [6.45, 7) is 11.5. The minimum atomic E-state index is 1.00. The number of aryl methyl sites for hydroxylation is 4. The molecule has 246 valence electrons. The molecule has 0 aliphatic carbocycles. The summed E-state index contributed by atoms with van der Waals surface area (Å²) in [4.78, 5) is 10.4. The first-order valence-electron chi connectivity index (χ1n) is 19.0. The van der Waals surface area contributed by atoms with Gasteiger partial charge in [-0.1, -0.05) is 130 Å². The van der Waals surface area contributed by atoms with E-state index in [0.717, 1.165) is 49.2 Å². The van der Waals surface area contributed by atoms with E-state index in [9.17, 15) is 0 Å². The topological polar surface area (TPSA) is 24.7 Å². The third kappa shape index (κ3) is 17.3. The minimum absolute atomic E-state index is 1.00. The van der Waals surface area contributed by atoms with Crippen molar-refractivity contribution in [2.24, 2.45) is 9.98 Å². The van der Waals surface area contributed by atoms with Crippen LogP contribution in [0.25, 0.3) is 0 Å². The number of hydrogen-bond donors (Lipinski definition) is 0. The van der Waals surface area contributed by atoms with Gasteiger partial charge in [0.05, 0.1) is 17.1 Å². The average Bonchev–Trinajstić information content (AvgIpc) is 3.02. The van der Waals surface area contributed by atoms with E-state index in [-0.39, 0.29) is 0 Å². The summed E-state index contributed by atoms with van der Waals surface area (Å²) in [5, 5.41) is 0. The zero-order chi connectivity index (χ0) is 31.7. The largest absolute Gasteiger partial charge is 0.255 e. The Morgan fingerprint density at radius 3 is 1.23 bits per heavy atom. The maximum Gasteiger partial charge on any atom is 0.0639 e. The summed E-state index contributed by atoms with van der Waals surface area (Å²) in [5.74, 6) is 0. The normalized spacial score (nSPS) is 12.1. The van der Waals surface area contributed by atoms with Gasteiger partial charge in [0.25, 0.3) is 0 Å². The molecule has 0 aromatic heterocycles. The molecule has 0 saturated carbocycles. The summed E-state index contributed by atoms with van der Waals surface area (Å²) >= 11 is 0. The fraction of sp³-hybridized carbons (Fsp3) is 0.667. The average molecular weight is 601 g/mol. The molecule has 0 spiro atoms. The van der Waals surface area contributed by atoms with Gasteiger partial charge in [-0.3, -0.25) is 9.98 Å². The molecule has 0 unspecified atom stereocenters. The van der Waals surface area contributed by atoms with Crippen molar-refractivity contribution < 1.29 is 0 Å². The number of rotatable bonds is 26. The van der Waals surface area contributed by atoms with Gasteiger partial charge in [0.1, 0.15) is 0 Å². The number of aliphatic imine (C=N–C) groups is 2. The number of benzene rings is 2. The molecule has 0 radical (unpaired) electrons. The Labute approximate surface area is 273 Å². The van der Waals surface area contributed by atoms with Crippen molar-refractivity contribution in [3.8, 4) is 0 Å². The predicted octanol–water partition coefficient (Wildman–Crippen LogP) is 13.8. The van der Waals surface area contributed by atoms with Crippen LogP contribution in [0.4, 0.5) is 11.4 Å². The van der Waals surface area contributed by atoms with Crippen molar-refractivity contribution in [2.75, 3.05) is 0 Å². The van der Waals surface area contributed by atoms with Crippen LogP contribution in [0.3, 0.4) is 0 Å². The predicted molar refractivity (Wildman–Crippen MR) is 199 cm³/mol. The molecule has 0 amide bonds. The lowest BCUT2D eigenvalue weighted by atomic mass is 10.00. The van der Waals surface area contributed by atoms with Crippen LogP contribution in [0.1, 0.15) is 179 Å². The Morgan fingerprint density at radius 2 is 0.795 bits per heavy atom. The molecule has 0 heterocycles. The summed E-state index contributed by atoms with van der Waals surface area (Å²) in [6, 6.07) is 14.3. The third-order valence-corrected chi connectivity index (χ3v) is 8.77. The van der Waals surface area contributed by atoms with E-state index >= 15 is 0 Å². The maximum absolute atomic E-state index is 5.32. The van der Waals surface area contributed by atoms with Crippen molar-refractivity contribution in [2.45, 2.75) is 182 Å². The molecule has 2 aromatic carbocycles. The molecule has 0 aliphatic rings. The molecule has 0 aliphatic heterocycles. The highest BCUT2D eigenvalue weighted by atomic mass is 14.8. The second-order valence-corrected chi connectivity index (χ2v) is 13.2. The van der Waals surface area contributed by atoms with E-state index in [1.54, 1.807) is 0 Å². The third-order valence-electron chi connectivity index (χ3n) is 8.77. The Bertz CT molecular complexity index is 1010. The molecule has 2 rings (SSSR count). The molecular weight excluding hydrogens is 532 g/mol. The van der Waals surface area contributed by atoms with Crippen molar-refractivity contribution in [1.82, 2.24) is 0 Å². The SMILES string of the molecule is CCCCCCCCC(C=Nc1cc(CCCCC)cc(CCCCC)c1)=Nc1cc(CCCCC)cc(CCCCC)c1. The van der Waals surface area contributed by atoms with E-state index < -0.39 is 0 Å². The van der Waals surface area contributed by atoms with Crippen molar-refractivity contribution >= 4 is 23.3 Å². The van der Waals surface area contributed by atoms with Gasteiger partial charge in [0.15, 0.2) is 0 Å².